The maximum absolute atomic E-state index is 10.3. The highest BCUT2D eigenvalue weighted by Crippen LogP contribution is 2.06. The molecule has 0 aromatic rings. The Hall–Kier alpha value is -1.65. The van der Waals surface area contributed by atoms with Crippen LogP contribution >= 0.6 is 0 Å². The summed E-state index contributed by atoms with van der Waals surface area (Å²) in [7, 11) is 0. The molecular weight excluding hydrogens is 148 g/mol. The van der Waals surface area contributed by atoms with Gasteiger partial charge in [-0.05, 0) is 12.2 Å². The summed E-state index contributed by atoms with van der Waals surface area (Å²) >= 11 is 0. The molecule has 1 aliphatic heterocycles. The van der Waals surface area contributed by atoms with Crippen LogP contribution in [0.25, 0.3) is 0 Å². The average molecular weight is 154 g/mol. The molecule has 1 heterocycles. The third kappa shape index (κ3) is 1.64. The van der Waals surface area contributed by atoms with Crippen molar-refractivity contribution >= 4 is 5.97 Å². The Bertz CT molecular complexity index is 244. The molecule has 0 aliphatic carbocycles. The number of hydrogen-bond acceptors (Lipinski definition) is 3. The Balaban J connectivity index is 2.72. The summed E-state index contributed by atoms with van der Waals surface area (Å²) in [6.45, 7) is 0.0370. The standard InChI is InChI=1S/C6H6N2O3/c9-6(10)5-2-1-3-8(4-5)7-11/h1-3H,4H2,(H,9,10). The summed E-state index contributed by atoms with van der Waals surface area (Å²) in [6.07, 6.45) is 4.32. The third-order valence-corrected chi connectivity index (χ3v) is 1.27. The molecule has 5 heteroatoms. The van der Waals surface area contributed by atoms with E-state index in [-0.39, 0.29) is 12.1 Å². The highest BCUT2D eigenvalue weighted by molar-refractivity contribution is 5.87. The number of allylic oxidation sites excluding steroid dienone is 2. The quantitative estimate of drug-likeness (QED) is 0.588. The number of nitrogens with zero attached hydrogens (tertiary/aromatic N) is 2. The number of carboxylic acid groups (broad SMARTS) is 1. The van der Waals surface area contributed by atoms with E-state index in [0.717, 1.165) is 5.01 Å². The van der Waals surface area contributed by atoms with Gasteiger partial charge in [0.2, 0.25) is 0 Å². The first kappa shape index (κ1) is 7.46. The summed E-state index contributed by atoms with van der Waals surface area (Å²) < 4.78 is 0. The van der Waals surface area contributed by atoms with Gasteiger partial charge in [0, 0.05) is 6.20 Å². The van der Waals surface area contributed by atoms with Gasteiger partial charge in [-0.2, -0.15) is 0 Å². The van der Waals surface area contributed by atoms with Gasteiger partial charge in [0.05, 0.1) is 17.4 Å². The molecular formula is C6H6N2O3. The summed E-state index contributed by atoms with van der Waals surface area (Å²) in [4.78, 5) is 20.3. The van der Waals surface area contributed by atoms with Gasteiger partial charge in [0.25, 0.3) is 0 Å². The lowest BCUT2D eigenvalue weighted by atomic mass is 10.2. The van der Waals surface area contributed by atoms with E-state index in [4.69, 9.17) is 5.11 Å². The smallest absolute Gasteiger partial charge is 0.333 e. The molecule has 0 radical (unpaired) electrons. The zero-order valence-corrected chi connectivity index (χ0v) is 5.60. The van der Waals surface area contributed by atoms with Gasteiger partial charge in [-0.1, -0.05) is 0 Å². The molecule has 11 heavy (non-hydrogen) atoms. The fourth-order valence-electron chi connectivity index (χ4n) is 0.733. The second-order valence-corrected chi connectivity index (χ2v) is 2.02. The maximum atomic E-state index is 10.3. The number of aliphatic carboxylic acids is 1. The summed E-state index contributed by atoms with van der Waals surface area (Å²) in [5.74, 6) is -1.02. The Morgan fingerprint density at radius 3 is 3.00 bits per heavy atom. The highest BCUT2D eigenvalue weighted by Gasteiger charge is 2.12. The minimum atomic E-state index is -1.02. The fraction of sp³-hybridized carbons (Fsp3) is 0.167. The van der Waals surface area contributed by atoms with E-state index in [1.807, 2.05) is 0 Å². The number of hydrogen-bond donors (Lipinski definition) is 1. The van der Waals surface area contributed by atoms with Crippen LogP contribution in [0.15, 0.2) is 29.2 Å². The molecule has 0 aromatic carbocycles. The van der Waals surface area contributed by atoms with Crippen molar-refractivity contribution in [3.05, 3.63) is 28.8 Å². The van der Waals surface area contributed by atoms with Crippen LogP contribution in [0.5, 0.6) is 0 Å². The lowest BCUT2D eigenvalue weighted by Gasteiger charge is -2.12. The fourth-order valence-corrected chi connectivity index (χ4v) is 0.733. The normalized spacial score (nSPS) is 16.0. The van der Waals surface area contributed by atoms with Gasteiger partial charge in [0.15, 0.2) is 0 Å². The predicted octanol–water partition coefficient (Wildman–Crippen LogP) is 0.508. The molecule has 0 saturated carbocycles. The highest BCUT2D eigenvalue weighted by atomic mass is 16.4. The zero-order chi connectivity index (χ0) is 8.27. The SMILES string of the molecule is O=NN1C=CC=C(C(=O)O)C1. The van der Waals surface area contributed by atoms with E-state index in [2.05, 4.69) is 5.29 Å². The van der Waals surface area contributed by atoms with Crippen molar-refractivity contribution in [2.45, 2.75) is 0 Å². The average Bonchev–Trinajstić information content (AvgIpc) is 2.05. The van der Waals surface area contributed by atoms with Gasteiger partial charge in [-0.25, -0.2) is 9.80 Å². The van der Waals surface area contributed by atoms with Gasteiger partial charge in [0.1, 0.15) is 0 Å². The first-order valence-corrected chi connectivity index (χ1v) is 2.94. The lowest BCUT2D eigenvalue weighted by Crippen LogP contribution is -2.19. The van der Waals surface area contributed by atoms with Crippen molar-refractivity contribution < 1.29 is 9.90 Å². The molecule has 0 unspecified atom stereocenters. The van der Waals surface area contributed by atoms with E-state index in [1.165, 1.54) is 18.4 Å². The van der Waals surface area contributed by atoms with Gasteiger partial charge in [-0.15, -0.1) is 4.91 Å². The number of carboxylic acids is 1. The molecule has 0 amide bonds. The lowest BCUT2D eigenvalue weighted by molar-refractivity contribution is -0.132. The van der Waals surface area contributed by atoms with Crippen molar-refractivity contribution in [3.63, 3.8) is 0 Å². The number of rotatable bonds is 2. The molecule has 0 fully saturated rings. The molecule has 58 valence electrons. The van der Waals surface area contributed by atoms with E-state index in [9.17, 15) is 9.70 Å². The molecule has 0 atom stereocenters. The Labute approximate surface area is 62.6 Å². The molecule has 1 N–H and O–H groups in total. The van der Waals surface area contributed by atoms with E-state index >= 15 is 0 Å². The number of carbonyl (C=O) groups is 1. The van der Waals surface area contributed by atoms with Crippen molar-refractivity contribution in [2.75, 3.05) is 6.54 Å². The Kier molecular flexibility index (Phi) is 2.00. The van der Waals surface area contributed by atoms with Crippen molar-refractivity contribution in [3.8, 4) is 0 Å². The second-order valence-electron chi connectivity index (χ2n) is 2.02. The van der Waals surface area contributed by atoms with Crippen LogP contribution in [0, 0.1) is 4.91 Å². The van der Waals surface area contributed by atoms with Crippen molar-refractivity contribution in [1.29, 1.82) is 0 Å². The minimum Gasteiger partial charge on any atom is -0.478 e. The van der Waals surface area contributed by atoms with Crippen LogP contribution in [-0.4, -0.2) is 22.6 Å². The summed E-state index contributed by atoms with van der Waals surface area (Å²) in [5, 5.41) is 12.1. The third-order valence-electron chi connectivity index (χ3n) is 1.27. The molecule has 5 nitrogen and oxygen atoms in total. The number of nitroso groups, excluding NO2 is 1. The Morgan fingerprint density at radius 1 is 1.73 bits per heavy atom. The maximum Gasteiger partial charge on any atom is 0.333 e. The molecule has 0 aromatic heterocycles. The summed E-state index contributed by atoms with van der Waals surface area (Å²) in [6, 6.07) is 0. The van der Waals surface area contributed by atoms with E-state index in [1.54, 1.807) is 0 Å². The molecule has 1 aliphatic rings. The zero-order valence-electron chi connectivity index (χ0n) is 5.60. The second kappa shape index (κ2) is 2.96. The predicted molar refractivity (Wildman–Crippen MR) is 37.4 cm³/mol. The molecule has 1 rings (SSSR count). The first-order chi connectivity index (χ1) is 5.24. The van der Waals surface area contributed by atoms with Crippen LogP contribution in [0.2, 0.25) is 0 Å². The Morgan fingerprint density at radius 2 is 2.45 bits per heavy atom. The van der Waals surface area contributed by atoms with Crippen molar-refractivity contribution in [1.82, 2.24) is 5.01 Å². The van der Waals surface area contributed by atoms with Gasteiger partial charge < -0.3 is 5.11 Å². The molecule has 0 bridgehead atoms. The van der Waals surface area contributed by atoms with E-state index in [0.29, 0.717) is 0 Å². The monoisotopic (exact) mass is 154 g/mol. The molecule has 0 spiro atoms. The summed E-state index contributed by atoms with van der Waals surface area (Å²) in [5.41, 5.74) is 0.159. The van der Waals surface area contributed by atoms with Crippen LogP contribution in [0.3, 0.4) is 0 Å². The van der Waals surface area contributed by atoms with E-state index < -0.39 is 5.97 Å². The van der Waals surface area contributed by atoms with Gasteiger partial charge in [-0.3, -0.25) is 0 Å². The van der Waals surface area contributed by atoms with Crippen LogP contribution in [0.4, 0.5) is 0 Å². The molecule has 0 saturated heterocycles. The van der Waals surface area contributed by atoms with Crippen molar-refractivity contribution in [2.24, 2.45) is 5.29 Å². The van der Waals surface area contributed by atoms with Crippen LogP contribution in [-0.2, 0) is 4.79 Å². The topological polar surface area (TPSA) is 70.0 Å². The largest absolute Gasteiger partial charge is 0.478 e. The first-order valence-electron chi connectivity index (χ1n) is 2.94. The van der Waals surface area contributed by atoms with Crippen LogP contribution < -0.4 is 0 Å². The minimum absolute atomic E-state index is 0.0370. The van der Waals surface area contributed by atoms with Gasteiger partial charge >= 0.3 is 5.97 Å². The van der Waals surface area contributed by atoms with Crippen LogP contribution in [0.1, 0.15) is 0 Å².